The van der Waals surface area contributed by atoms with Gasteiger partial charge in [-0.25, -0.2) is 0 Å². The zero-order valence-electron chi connectivity index (χ0n) is 10.3. The zero-order valence-corrected chi connectivity index (χ0v) is 15.1. The second-order valence-corrected chi connectivity index (χ2v) is 11.6. The van der Waals surface area contributed by atoms with Crippen LogP contribution < -0.4 is 0 Å². The Labute approximate surface area is 135 Å². The van der Waals surface area contributed by atoms with E-state index in [1.54, 1.807) is 18.3 Å². The van der Waals surface area contributed by atoms with Crippen LogP contribution in [-0.2, 0) is 15.0 Å². The van der Waals surface area contributed by atoms with E-state index in [1.807, 2.05) is 43.3 Å². The average molecular weight is 419 g/mol. The molecule has 0 aromatic heterocycles. The molecule has 0 saturated carbocycles. The summed E-state index contributed by atoms with van der Waals surface area (Å²) in [5, 5.41) is 9.57. The molecule has 2 nitrogen and oxygen atoms in total. The minimum absolute atomic E-state index is 0.125. The third kappa shape index (κ3) is 6.04. The predicted octanol–water partition coefficient (Wildman–Crippen LogP) is 5.14. The number of para-hydroxylation sites is 2. The fraction of sp³-hybridized carbons (Fsp3) is 0.0714. The van der Waals surface area contributed by atoms with Gasteiger partial charge in [0.05, 0.1) is 5.69 Å². The summed E-state index contributed by atoms with van der Waals surface area (Å²) in [5.74, 6) is 0.250. The number of phenolic OH excluding ortho intramolecular Hbond substituents is 1. The number of rotatable bonds is 2. The van der Waals surface area contributed by atoms with Gasteiger partial charge in [-0.2, -0.15) is 0 Å². The number of hydrogen-bond acceptors (Lipinski definition) is 2. The normalized spacial score (nSPS) is 9.84. The summed E-state index contributed by atoms with van der Waals surface area (Å²) < 4.78 is 0. The molecule has 2 aromatic carbocycles. The Hall–Kier alpha value is -0.416. The minimum atomic E-state index is 0.125. The molecule has 0 amide bonds. The van der Waals surface area contributed by atoms with Crippen molar-refractivity contribution in [2.24, 2.45) is 4.99 Å². The summed E-state index contributed by atoms with van der Waals surface area (Å²) in [4.78, 5) is 4.35. The van der Waals surface area contributed by atoms with E-state index in [1.165, 1.54) is 0 Å². The third-order valence-corrected chi connectivity index (χ3v) is 2.39. The Balaban J connectivity index is 0.000000550. The topological polar surface area (TPSA) is 32.6 Å². The van der Waals surface area contributed by atoms with Gasteiger partial charge in [0.2, 0.25) is 0 Å². The number of benzene rings is 2. The van der Waals surface area contributed by atoms with Crippen molar-refractivity contribution in [3.05, 3.63) is 59.7 Å². The summed E-state index contributed by atoms with van der Waals surface area (Å²) in [7, 11) is 0. The summed E-state index contributed by atoms with van der Waals surface area (Å²) in [6.07, 6.45) is 1.68. The van der Waals surface area contributed by atoms with Crippen molar-refractivity contribution in [2.75, 3.05) is 0 Å². The molecule has 0 heterocycles. The van der Waals surface area contributed by atoms with Gasteiger partial charge in [-0.3, -0.25) is 4.99 Å². The monoisotopic (exact) mass is 417 g/mol. The van der Waals surface area contributed by atoms with E-state index >= 15 is 0 Å². The standard InChI is InChI=1S/C14H13NO.2BrH.Ti/c1-11-6-2-4-8-13(11)15-10-12-7-3-5-9-14(12)16;;;/h2-10,16H,1H3;2*1H;/q;;;+2/p-2. The van der Waals surface area contributed by atoms with E-state index in [4.69, 9.17) is 0 Å². The summed E-state index contributed by atoms with van der Waals surface area (Å²) >= 11 is 6.50. The molecule has 98 valence electrons. The van der Waals surface area contributed by atoms with Gasteiger partial charge in [-0.05, 0) is 30.7 Å². The Morgan fingerprint density at radius 3 is 2.26 bits per heavy atom. The molecule has 0 unspecified atom stereocenters. The molecule has 0 aliphatic heterocycles. The van der Waals surface area contributed by atoms with Gasteiger partial charge < -0.3 is 5.11 Å². The van der Waals surface area contributed by atoms with Crippen LogP contribution >= 0.6 is 26.3 Å². The van der Waals surface area contributed by atoms with Crippen molar-refractivity contribution in [3.63, 3.8) is 0 Å². The number of aliphatic imine (C=N–C) groups is 1. The Bertz CT molecular complexity index is 499. The number of phenols is 1. The van der Waals surface area contributed by atoms with Crippen LogP contribution in [0.15, 0.2) is 53.5 Å². The molecule has 0 bridgehead atoms. The van der Waals surface area contributed by atoms with Crippen LogP contribution in [-0.4, -0.2) is 11.3 Å². The molecule has 0 spiro atoms. The van der Waals surface area contributed by atoms with E-state index in [0.29, 0.717) is 0 Å². The van der Waals surface area contributed by atoms with Crippen LogP contribution in [0.3, 0.4) is 0 Å². The molecule has 0 saturated heterocycles. The van der Waals surface area contributed by atoms with Gasteiger partial charge in [0, 0.05) is 11.8 Å². The Kier molecular flexibility index (Phi) is 8.30. The van der Waals surface area contributed by atoms with Crippen LogP contribution in [0.5, 0.6) is 5.75 Å². The molecule has 19 heavy (non-hydrogen) atoms. The van der Waals surface area contributed by atoms with Gasteiger partial charge in [0.25, 0.3) is 0 Å². The summed E-state index contributed by atoms with van der Waals surface area (Å²) in [6.45, 7) is 2.01. The van der Waals surface area contributed by atoms with Crippen LogP contribution in [0, 0.1) is 6.92 Å². The molecule has 0 aliphatic rings. The molecule has 0 aliphatic carbocycles. The van der Waals surface area contributed by atoms with Crippen molar-refractivity contribution in [1.29, 1.82) is 0 Å². The van der Waals surface area contributed by atoms with Crippen molar-refractivity contribution in [1.82, 2.24) is 0 Å². The number of aryl methyl sites for hydroxylation is 1. The van der Waals surface area contributed by atoms with Crippen LogP contribution in [0.25, 0.3) is 0 Å². The second kappa shape index (κ2) is 9.48. The van der Waals surface area contributed by atoms with Crippen LogP contribution in [0.1, 0.15) is 11.1 Å². The summed E-state index contributed by atoms with van der Waals surface area (Å²) in [6, 6.07) is 15.0. The van der Waals surface area contributed by atoms with E-state index in [2.05, 4.69) is 31.3 Å². The quantitative estimate of drug-likeness (QED) is 0.531. The van der Waals surface area contributed by atoms with E-state index < -0.39 is 0 Å². The number of halogens is 2. The van der Waals surface area contributed by atoms with Crippen molar-refractivity contribution >= 4 is 38.2 Å². The van der Waals surface area contributed by atoms with Gasteiger partial charge >= 0.3 is 41.3 Å². The molecule has 5 heteroatoms. The molecule has 1 N–H and O–H groups in total. The maximum absolute atomic E-state index is 9.57. The molecule has 0 fully saturated rings. The molecule has 0 radical (unpaired) electrons. The van der Waals surface area contributed by atoms with Crippen molar-refractivity contribution < 1.29 is 20.1 Å². The SMILES string of the molecule is Cc1ccccc1N=Cc1ccccc1O.[Br][Ti][Br]. The third-order valence-electron chi connectivity index (χ3n) is 2.39. The molecule has 0 atom stereocenters. The Morgan fingerprint density at radius 1 is 1.05 bits per heavy atom. The first-order valence-electron chi connectivity index (χ1n) is 5.53. The predicted molar refractivity (Wildman–Crippen MR) is 84.4 cm³/mol. The summed E-state index contributed by atoms with van der Waals surface area (Å²) in [5.41, 5.74) is 2.77. The molecular formula is C14H13Br2NOTi. The first-order chi connectivity index (χ1) is 9.19. The van der Waals surface area contributed by atoms with Gasteiger partial charge in [-0.1, -0.05) is 30.3 Å². The van der Waals surface area contributed by atoms with Crippen molar-refractivity contribution in [2.45, 2.75) is 6.92 Å². The zero-order chi connectivity index (χ0) is 14.1. The number of hydrogen-bond donors (Lipinski definition) is 1. The number of aromatic hydroxyl groups is 1. The molecule has 2 aromatic rings. The second-order valence-electron chi connectivity index (χ2n) is 3.67. The van der Waals surface area contributed by atoms with Gasteiger partial charge in [-0.15, -0.1) is 0 Å². The maximum atomic E-state index is 9.57. The number of nitrogens with zero attached hydrogens (tertiary/aromatic N) is 1. The Morgan fingerprint density at radius 2 is 1.63 bits per heavy atom. The molecular weight excluding hydrogens is 406 g/mol. The van der Waals surface area contributed by atoms with E-state index in [-0.39, 0.29) is 20.7 Å². The van der Waals surface area contributed by atoms with Crippen LogP contribution in [0.4, 0.5) is 5.69 Å². The van der Waals surface area contributed by atoms with E-state index in [0.717, 1.165) is 16.8 Å². The fourth-order valence-corrected chi connectivity index (χ4v) is 1.44. The first kappa shape index (κ1) is 16.6. The van der Waals surface area contributed by atoms with Gasteiger partial charge in [0.1, 0.15) is 5.75 Å². The average Bonchev–Trinajstić information content (AvgIpc) is 2.40. The van der Waals surface area contributed by atoms with E-state index in [9.17, 15) is 5.11 Å². The fourth-order valence-electron chi connectivity index (χ4n) is 1.44. The van der Waals surface area contributed by atoms with Crippen molar-refractivity contribution in [3.8, 4) is 5.75 Å². The molecule has 2 rings (SSSR count). The van der Waals surface area contributed by atoms with Crippen LogP contribution in [0.2, 0.25) is 0 Å². The first-order valence-corrected chi connectivity index (χ1v) is 13.2. The van der Waals surface area contributed by atoms with Gasteiger partial charge in [0.15, 0.2) is 0 Å².